The molecular formula is C14H24N4O2. The molecule has 0 radical (unpaired) electrons. The maximum absolute atomic E-state index is 5.87. The van der Waals surface area contributed by atoms with Crippen LogP contribution >= 0.6 is 0 Å². The standard InChI is InChI=1S/C14H24N4O2/c1-18-8-7-15-9-12(18)14-16-13(20-17-14)10-19-11-5-3-2-4-6-11/h11-12,15H,2-10H2,1H3. The summed E-state index contributed by atoms with van der Waals surface area (Å²) in [5, 5.41) is 7.47. The molecule has 3 rings (SSSR count). The summed E-state index contributed by atoms with van der Waals surface area (Å²) < 4.78 is 11.2. The quantitative estimate of drug-likeness (QED) is 0.901. The molecule has 0 spiro atoms. The average molecular weight is 280 g/mol. The molecule has 2 fully saturated rings. The van der Waals surface area contributed by atoms with Gasteiger partial charge in [0.25, 0.3) is 5.89 Å². The Morgan fingerprint density at radius 2 is 2.20 bits per heavy atom. The minimum atomic E-state index is 0.205. The predicted molar refractivity (Wildman–Crippen MR) is 74.2 cm³/mol. The van der Waals surface area contributed by atoms with Crippen molar-refractivity contribution in [1.29, 1.82) is 0 Å². The highest BCUT2D eigenvalue weighted by Crippen LogP contribution is 2.22. The van der Waals surface area contributed by atoms with Crippen molar-refractivity contribution >= 4 is 0 Å². The monoisotopic (exact) mass is 280 g/mol. The van der Waals surface area contributed by atoms with Crippen molar-refractivity contribution in [3.8, 4) is 0 Å². The van der Waals surface area contributed by atoms with Gasteiger partial charge in [-0.2, -0.15) is 4.98 Å². The van der Waals surface area contributed by atoms with Crippen LogP contribution in [0.5, 0.6) is 0 Å². The van der Waals surface area contributed by atoms with Crippen molar-refractivity contribution in [2.75, 3.05) is 26.7 Å². The van der Waals surface area contributed by atoms with Gasteiger partial charge < -0.3 is 14.6 Å². The van der Waals surface area contributed by atoms with E-state index in [4.69, 9.17) is 9.26 Å². The minimum Gasteiger partial charge on any atom is -0.368 e. The van der Waals surface area contributed by atoms with Gasteiger partial charge in [-0.25, -0.2) is 0 Å². The lowest BCUT2D eigenvalue weighted by molar-refractivity contribution is 0.00462. The van der Waals surface area contributed by atoms with Gasteiger partial charge in [-0.15, -0.1) is 0 Å². The van der Waals surface area contributed by atoms with Crippen LogP contribution in [0.1, 0.15) is 49.9 Å². The number of likely N-dealkylation sites (N-methyl/N-ethyl adjacent to an activating group) is 1. The topological polar surface area (TPSA) is 63.4 Å². The molecular weight excluding hydrogens is 256 g/mol. The van der Waals surface area contributed by atoms with E-state index in [0.29, 0.717) is 18.6 Å². The Morgan fingerprint density at radius 3 is 3.00 bits per heavy atom. The molecule has 6 nitrogen and oxygen atoms in total. The molecule has 1 aliphatic carbocycles. The number of aromatic nitrogens is 2. The first kappa shape index (κ1) is 14.0. The van der Waals surface area contributed by atoms with Crippen LogP contribution in [0.3, 0.4) is 0 Å². The van der Waals surface area contributed by atoms with Crippen LogP contribution in [0.4, 0.5) is 0 Å². The lowest BCUT2D eigenvalue weighted by atomic mass is 9.98. The Morgan fingerprint density at radius 1 is 1.35 bits per heavy atom. The van der Waals surface area contributed by atoms with E-state index < -0.39 is 0 Å². The van der Waals surface area contributed by atoms with E-state index in [1.165, 1.54) is 19.3 Å². The van der Waals surface area contributed by atoms with Crippen LogP contribution in [-0.4, -0.2) is 47.8 Å². The van der Waals surface area contributed by atoms with Gasteiger partial charge >= 0.3 is 0 Å². The predicted octanol–water partition coefficient (Wildman–Crippen LogP) is 1.49. The molecule has 20 heavy (non-hydrogen) atoms. The van der Waals surface area contributed by atoms with E-state index >= 15 is 0 Å². The van der Waals surface area contributed by atoms with Gasteiger partial charge in [0.15, 0.2) is 5.82 Å². The fraction of sp³-hybridized carbons (Fsp3) is 0.857. The number of hydrogen-bond donors (Lipinski definition) is 1. The van der Waals surface area contributed by atoms with E-state index in [-0.39, 0.29) is 6.04 Å². The van der Waals surface area contributed by atoms with E-state index in [9.17, 15) is 0 Å². The summed E-state index contributed by atoms with van der Waals surface area (Å²) in [6.45, 7) is 3.34. The molecule has 1 saturated carbocycles. The van der Waals surface area contributed by atoms with Gasteiger partial charge in [0, 0.05) is 19.6 Å². The number of hydrogen-bond acceptors (Lipinski definition) is 6. The first-order valence-electron chi connectivity index (χ1n) is 7.68. The molecule has 0 bridgehead atoms. The Balaban J connectivity index is 1.53. The molecule has 6 heteroatoms. The first-order valence-corrected chi connectivity index (χ1v) is 7.68. The Labute approximate surface area is 119 Å². The SMILES string of the molecule is CN1CCNCC1c1noc(COC2CCCCC2)n1. The normalized spacial score (nSPS) is 25.9. The molecule has 1 aliphatic heterocycles. The van der Waals surface area contributed by atoms with Crippen LogP contribution in [0, 0.1) is 0 Å². The molecule has 1 N–H and O–H groups in total. The number of rotatable bonds is 4. The molecule has 1 aromatic rings. The third kappa shape index (κ3) is 3.37. The Bertz CT molecular complexity index is 417. The zero-order valence-electron chi connectivity index (χ0n) is 12.2. The molecule has 112 valence electrons. The molecule has 1 saturated heterocycles. The zero-order chi connectivity index (χ0) is 13.8. The first-order chi connectivity index (χ1) is 9.83. The highest BCUT2D eigenvalue weighted by Gasteiger charge is 2.25. The lowest BCUT2D eigenvalue weighted by Crippen LogP contribution is -2.44. The summed E-state index contributed by atoms with van der Waals surface area (Å²) in [6, 6.07) is 0.205. The van der Waals surface area contributed by atoms with Gasteiger partial charge in [-0.1, -0.05) is 24.4 Å². The highest BCUT2D eigenvalue weighted by molar-refractivity contribution is 4.97. The summed E-state index contributed by atoms with van der Waals surface area (Å²) in [5.74, 6) is 1.37. The van der Waals surface area contributed by atoms with Gasteiger partial charge in [0.1, 0.15) is 6.61 Å². The second-order valence-electron chi connectivity index (χ2n) is 5.82. The van der Waals surface area contributed by atoms with Crippen molar-refractivity contribution in [2.24, 2.45) is 0 Å². The molecule has 1 atom stereocenters. The fourth-order valence-electron chi connectivity index (χ4n) is 2.98. The van der Waals surface area contributed by atoms with Crippen molar-refractivity contribution in [1.82, 2.24) is 20.4 Å². The third-order valence-corrected chi connectivity index (χ3v) is 4.29. The van der Waals surface area contributed by atoms with Crippen molar-refractivity contribution in [2.45, 2.75) is 50.9 Å². The Kier molecular flexibility index (Phi) is 4.65. The van der Waals surface area contributed by atoms with Crippen LogP contribution in [0.15, 0.2) is 4.52 Å². The highest BCUT2D eigenvalue weighted by atomic mass is 16.5. The molecule has 2 aliphatic rings. The van der Waals surface area contributed by atoms with Crippen LogP contribution in [0.2, 0.25) is 0 Å². The van der Waals surface area contributed by atoms with Crippen LogP contribution < -0.4 is 5.32 Å². The van der Waals surface area contributed by atoms with E-state index in [0.717, 1.165) is 38.3 Å². The second-order valence-corrected chi connectivity index (χ2v) is 5.82. The summed E-state index contributed by atoms with van der Waals surface area (Å²) in [4.78, 5) is 6.74. The Hall–Kier alpha value is -0.980. The summed E-state index contributed by atoms with van der Waals surface area (Å²) >= 11 is 0. The van der Waals surface area contributed by atoms with Gasteiger partial charge in [0.05, 0.1) is 12.1 Å². The van der Waals surface area contributed by atoms with E-state index in [2.05, 4.69) is 27.4 Å². The zero-order valence-corrected chi connectivity index (χ0v) is 12.2. The van der Waals surface area contributed by atoms with E-state index in [1.807, 2.05) is 0 Å². The molecule has 0 amide bonds. The van der Waals surface area contributed by atoms with Gasteiger partial charge in [-0.3, -0.25) is 4.90 Å². The van der Waals surface area contributed by atoms with Crippen molar-refractivity contribution < 1.29 is 9.26 Å². The van der Waals surface area contributed by atoms with E-state index in [1.54, 1.807) is 0 Å². The lowest BCUT2D eigenvalue weighted by Gasteiger charge is -2.30. The molecule has 2 heterocycles. The fourth-order valence-corrected chi connectivity index (χ4v) is 2.98. The number of nitrogens with zero attached hydrogens (tertiary/aromatic N) is 3. The largest absolute Gasteiger partial charge is 0.368 e. The maximum Gasteiger partial charge on any atom is 0.252 e. The minimum absolute atomic E-state index is 0.205. The maximum atomic E-state index is 5.87. The molecule has 1 aromatic heterocycles. The van der Waals surface area contributed by atoms with Crippen molar-refractivity contribution in [3.05, 3.63) is 11.7 Å². The molecule has 0 aromatic carbocycles. The van der Waals surface area contributed by atoms with Crippen LogP contribution in [-0.2, 0) is 11.3 Å². The second kappa shape index (κ2) is 6.65. The van der Waals surface area contributed by atoms with Gasteiger partial charge in [-0.05, 0) is 19.9 Å². The summed E-state index contributed by atoms with van der Waals surface area (Å²) in [7, 11) is 2.10. The molecule has 1 unspecified atom stereocenters. The summed E-state index contributed by atoms with van der Waals surface area (Å²) in [6.07, 6.45) is 6.59. The third-order valence-electron chi connectivity index (χ3n) is 4.29. The average Bonchev–Trinajstić information content (AvgIpc) is 2.95. The number of nitrogens with one attached hydrogen (secondary N) is 1. The van der Waals surface area contributed by atoms with Gasteiger partial charge in [0.2, 0.25) is 0 Å². The smallest absolute Gasteiger partial charge is 0.252 e. The van der Waals surface area contributed by atoms with Crippen molar-refractivity contribution in [3.63, 3.8) is 0 Å². The van der Waals surface area contributed by atoms with Crippen LogP contribution in [0.25, 0.3) is 0 Å². The summed E-state index contributed by atoms with van der Waals surface area (Å²) in [5.41, 5.74) is 0. The number of piperazine rings is 1. The number of ether oxygens (including phenoxy) is 1.